The van der Waals surface area contributed by atoms with E-state index in [0.29, 0.717) is 28.6 Å². The number of carboxylic acid groups (broad SMARTS) is 1. The van der Waals surface area contributed by atoms with Gasteiger partial charge in [0.2, 0.25) is 0 Å². The average molecular weight is 485 g/mol. The summed E-state index contributed by atoms with van der Waals surface area (Å²) in [6, 6.07) is 14.1. The molecule has 184 valence electrons. The molecular formula is C28H28N4O4. The molecule has 0 saturated carbocycles. The molecular weight excluding hydrogens is 456 g/mol. The fourth-order valence-electron chi connectivity index (χ4n) is 4.32. The van der Waals surface area contributed by atoms with Crippen molar-refractivity contribution in [2.24, 2.45) is 5.10 Å². The van der Waals surface area contributed by atoms with Crippen LogP contribution in [-0.2, 0) is 6.54 Å². The van der Waals surface area contributed by atoms with Gasteiger partial charge in [-0.3, -0.25) is 14.2 Å². The molecule has 0 aliphatic carbocycles. The highest BCUT2D eigenvalue weighted by molar-refractivity contribution is 6.08. The summed E-state index contributed by atoms with van der Waals surface area (Å²) in [5.41, 5.74) is 4.14. The standard InChI is InChI=1S/C28H28N4O4/c1-6-31-25-24(27(34)32(29-25)22-9-7-8-20(16-22)28(35)36)18(3)23(26(31)33)17(2)10-11-19-12-14-21(15-13-19)30(4)5/h7-16H,6H2,1-5H3,(H,35,36)/b11-10?,23-17-. The van der Waals surface area contributed by atoms with Crippen LogP contribution in [0.1, 0.15) is 45.7 Å². The van der Waals surface area contributed by atoms with E-state index < -0.39 is 11.9 Å². The number of hydrogen-bond acceptors (Lipinski definition) is 5. The van der Waals surface area contributed by atoms with E-state index in [1.807, 2.05) is 69.3 Å². The lowest BCUT2D eigenvalue weighted by Gasteiger charge is -2.12. The van der Waals surface area contributed by atoms with E-state index in [1.165, 1.54) is 16.7 Å². The molecule has 0 radical (unpaired) electrons. The third-order valence-electron chi connectivity index (χ3n) is 6.27. The van der Waals surface area contributed by atoms with E-state index in [0.717, 1.165) is 21.8 Å². The minimum Gasteiger partial charge on any atom is -0.478 e. The summed E-state index contributed by atoms with van der Waals surface area (Å²) in [6.07, 6.45) is 3.82. The van der Waals surface area contributed by atoms with Crippen LogP contribution in [0, 0.1) is 6.92 Å². The van der Waals surface area contributed by atoms with Crippen LogP contribution in [0.3, 0.4) is 0 Å². The Morgan fingerprint density at radius 3 is 2.42 bits per heavy atom. The molecule has 1 aliphatic heterocycles. The van der Waals surface area contributed by atoms with Gasteiger partial charge in [-0.2, -0.15) is 5.01 Å². The Balaban J connectivity index is 1.83. The van der Waals surface area contributed by atoms with E-state index in [2.05, 4.69) is 5.10 Å². The van der Waals surface area contributed by atoms with Gasteiger partial charge in [0.15, 0.2) is 5.49 Å². The van der Waals surface area contributed by atoms with Crippen molar-refractivity contribution in [2.75, 3.05) is 24.0 Å². The number of rotatable bonds is 6. The Labute approximate surface area is 208 Å². The van der Waals surface area contributed by atoms with E-state index in [1.54, 1.807) is 19.1 Å². The van der Waals surface area contributed by atoms with E-state index in [4.69, 9.17) is 0 Å². The third kappa shape index (κ3) is 4.33. The van der Waals surface area contributed by atoms with Crippen LogP contribution in [0.5, 0.6) is 0 Å². The van der Waals surface area contributed by atoms with Crippen LogP contribution in [0.4, 0.5) is 11.4 Å². The molecule has 2 aromatic carbocycles. The van der Waals surface area contributed by atoms with E-state index in [9.17, 15) is 19.5 Å². The van der Waals surface area contributed by atoms with E-state index in [-0.39, 0.29) is 16.6 Å². The van der Waals surface area contributed by atoms with Gasteiger partial charge in [0, 0.05) is 31.5 Å². The van der Waals surface area contributed by atoms with Crippen molar-refractivity contribution in [2.45, 2.75) is 27.3 Å². The maximum Gasteiger partial charge on any atom is 0.335 e. The van der Waals surface area contributed by atoms with Gasteiger partial charge in [0.05, 0.1) is 16.8 Å². The van der Waals surface area contributed by atoms with Gasteiger partial charge in [-0.05, 0) is 67.8 Å². The van der Waals surface area contributed by atoms with Gasteiger partial charge in [-0.25, -0.2) is 4.79 Å². The number of amides is 1. The van der Waals surface area contributed by atoms with Gasteiger partial charge >= 0.3 is 5.97 Å². The topological polar surface area (TPSA) is 95.2 Å². The van der Waals surface area contributed by atoms with Gasteiger partial charge in [0.1, 0.15) is 0 Å². The number of aromatic carboxylic acids is 1. The molecule has 0 bridgehead atoms. The minimum atomic E-state index is -1.10. The smallest absolute Gasteiger partial charge is 0.335 e. The van der Waals surface area contributed by atoms with Crippen molar-refractivity contribution >= 4 is 34.9 Å². The molecule has 0 saturated heterocycles. The van der Waals surface area contributed by atoms with Crippen molar-refractivity contribution in [1.29, 1.82) is 0 Å². The molecule has 1 amide bonds. The van der Waals surface area contributed by atoms with Crippen LogP contribution in [0.15, 0.2) is 64.5 Å². The highest BCUT2D eigenvalue weighted by Crippen LogP contribution is 2.22. The first kappa shape index (κ1) is 24.7. The molecule has 1 aromatic heterocycles. The Morgan fingerprint density at radius 1 is 1.11 bits per heavy atom. The molecule has 0 spiro atoms. The first-order valence-corrected chi connectivity index (χ1v) is 11.6. The van der Waals surface area contributed by atoms with Crippen LogP contribution in [0.2, 0.25) is 0 Å². The zero-order valence-corrected chi connectivity index (χ0v) is 20.9. The number of anilines is 2. The van der Waals surface area contributed by atoms with Gasteiger partial charge < -0.3 is 10.0 Å². The molecule has 1 aliphatic rings. The normalized spacial score (nSPS) is 13.6. The summed E-state index contributed by atoms with van der Waals surface area (Å²) in [5, 5.41) is 15.4. The molecule has 36 heavy (non-hydrogen) atoms. The van der Waals surface area contributed by atoms with Crippen molar-refractivity contribution in [1.82, 2.24) is 4.57 Å². The summed E-state index contributed by atoms with van der Waals surface area (Å²) in [6.45, 7) is 5.76. The van der Waals surface area contributed by atoms with Crippen molar-refractivity contribution in [3.05, 3.63) is 97.9 Å². The van der Waals surface area contributed by atoms with Crippen molar-refractivity contribution in [3.8, 4) is 0 Å². The van der Waals surface area contributed by atoms with Crippen LogP contribution in [-0.4, -0.2) is 35.6 Å². The second-order valence-corrected chi connectivity index (χ2v) is 8.82. The zero-order valence-electron chi connectivity index (χ0n) is 20.9. The van der Waals surface area contributed by atoms with E-state index >= 15 is 0 Å². The van der Waals surface area contributed by atoms with Crippen molar-refractivity contribution < 1.29 is 14.7 Å². The summed E-state index contributed by atoms with van der Waals surface area (Å²) in [4.78, 5) is 40.4. The predicted molar refractivity (Wildman–Crippen MR) is 141 cm³/mol. The Bertz CT molecular complexity index is 1580. The summed E-state index contributed by atoms with van der Waals surface area (Å²) in [7, 11) is 3.96. The fourth-order valence-corrected chi connectivity index (χ4v) is 4.32. The lowest BCUT2D eigenvalue weighted by molar-refractivity contribution is 0.0696. The second-order valence-electron chi connectivity index (χ2n) is 8.82. The monoisotopic (exact) mass is 484 g/mol. The Kier molecular flexibility index (Phi) is 6.61. The van der Waals surface area contributed by atoms with Gasteiger partial charge in [0.25, 0.3) is 11.5 Å². The number of aromatic nitrogens is 1. The number of carboxylic acids is 1. The Hall–Kier alpha value is -4.46. The maximum atomic E-state index is 13.5. The summed E-state index contributed by atoms with van der Waals surface area (Å²) >= 11 is 0. The molecule has 2 heterocycles. The molecule has 8 nitrogen and oxygen atoms in total. The Morgan fingerprint density at radius 2 is 1.81 bits per heavy atom. The van der Waals surface area contributed by atoms with Crippen LogP contribution in [0.25, 0.3) is 11.6 Å². The number of carbonyl (C=O) groups is 2. The SMILES string of the molecule is CCn1c2c(c(C)/c(=C(\C)C=Cc3ccc(N(C)C)cc3)c1=O)C(=O)N(c1cccc(C(=O)O)c1)N=2. The zero-order chi connectivity index (χ0) is 26.1. The molecule has 4 rings (SSSR count). The number of pyridine rings is 1. The molecule has 1 N–H and O–H groups in total. The lowest BCUT2D eigenvalue weighted by Crippen LogP contribution is -2.46. The number of allylic oxidation sites excluding steroid dienone is 1. The van der Waals surface area contributed by atoms with Crippen molar-refractivity contribution in [3.63, 3.8) is 0 Å². The summed E-state index contributed by atoms with van der Waals surface area (Å²) < 4.78 is 1.49. The maximum absolute atomic E-state index is 13.5. The molecule has 3 aromatic rings. The molecule has 0 unspecified atom stereocenters. The largest absolute Gasteiger partial charge is 0.478 e. The highest BCUT2D eigenvalue weighted by atomic mass is 16.4. The molecule has 8 heteroatoms. The average Bonchev–Trinajstić information content (AvgIpc) is 3.20. The number of hydrogen-bond donors (Lipinski definition) is 1. The van der Waals surface area contributed by atoms with Gasteiger partial charge in [-0.15, -0.1) is 5.10 Å². The highest BCUT2D eigenvalue weighted by Gasteiger charge is 2.30. The first-order valence-electron chi connectivity index (χ1n) is 11.6. The second kappa shape index (κ2) is 9.65. The number of carbonyl (C=O) groups excluding carboxylic acids is 1. The quantitative estimate of drug-likeness (QED) is 0.580. The lowest BCUT2D eigenvalue weighted by atomic mass is 10.0. The number of nitrogens with zero attached hydrogens (tertiary/aromatic N) is 4. The number of fused-ring (bicyclic) bond motifs is 1. The van der Waals surface area contributed by atoms with Crippen LogP contribution >= 0.6 is 0 Å². The molecule has 0 fully saturated rings. The fraction of sp³-hybridized carbons (Fsp3) is 0.214. The predicted octanol–water partition coefficient (Wildman–Crippen LogP) is 3.02. The summed E-state index contributed by atoms with van der Waals surface area (Å²) in [5.74, 6) is -1.50. The molecule has 0 atom stereocenters. The number of benzene rings is 2. The minimum absolute atomic E-state index is 0.0460. The first-order chi connectivity index (χ1) is 17.1. The van der Waals surface area contributed by atoms with Gasteiger partial charge in [-0.1, -0.05) is 30.4 Å². The van der Waals surface area contributed by atoms with Crippen LogP contribution < -0.4 is 26.2 Å². The third-order valence-corrected chi connectivity index (χ3v) is 6.27.